The molecule has 0 fully saturated rings. The van der Waals surface area contributed by atoms with Gasteiger partial charge in [0.2, 0.25) is 10.0 Å². The van der Waals surface area contributed by atoms with Crippen molar-refractivity contribution < 1.29 is 31.9 Å². The van der Waals surface area contributed by atoms with Crippen molar-refractivity contribution in [2.45, 2.75) is 17.4 Å². The molecule has 4 aromatic rings. The Morgan fingerprint density at radius 1 is 0.974 bits per heavy atom. The molecule has 0 saturated heterocycles. The molecular formula is C26H23FN4O6S. The molecule has 1 unspecified atom stereocenters. The van der Waals surface area contributed by atoms with Crippen molar-refractivity contribution in [1.29, 1.82) is 0 Å². The number of H-pyrrole nitrogens is 1. The number of hydrogen-bond donors (Lipinski definition) is 4. The van der Waals surface area contributed by atoms with Crippen LogP contribution in [-0.4, -0.2) is 43.8 Å². The number of halogens is 1. The van der Waals surface area contributed by atoms with Crippen LogP contribution in [0.25, 0.3) is 10.9 Å². The van der Waals surface area contributed by atoms with Gasteiger partial charge in [0.1, 0.15) is 11.9 Å². The summed E-state index contributed by atoms with van der Waals surface area (Å²) >= 11 is 0. The van der Waals surface area contributed by atoms with Crippen LogP contribution in [0, 0.1) is 5.82 Å². The zero-order valence-electron chi connectivity index (χ0n) is 19.8. The second kappa shape index (κ2) is 11.2. The molecule has 0 aliphatic rings. The molecule has 12 heteroatoms. The highest BCUT2D eigenvalue weighted by molar-refractivity contribution is 7.89. The first-order valence-corrected chi connectivity index (χ1v) is 12.9. The summed E-state index contributed by atoms with van der Waals surface area (Å²) in [5.41, 5.74) is 1.98. The maximum atomic E-state index is 13.3. The summed E-state index contributed by atoms with van der Waals surface area (Å²) in [5, 5.41) is 11.0. The maximum absolute atomic E-state index is 13.3. The van der Waals surface area contributed by atoms with E-state index in [1.165, 1.54) is 36.4 Å². The monoisotopic (exact) mass is 538 g/mol. The van der Waals surface area contributed by atoms with E-state index in [0.29, 0.717) is 0 Å². The fourth-order valence-electron chi connectivity index (χ4n) is 3.72. The van der Waals surface area contributed by atoms with Gasteiger partial charge in [-0.2, -0.15) is 0 Å². The molecule has 196 valence electrons. The molecule has 1 atom stereocenters. The summed E-state index contributed by atoms with van der Waals surface area (Å²) in [6.07, 6.45) is 1.78. The lowest BCUT2D eigenvalue weighted by Gasteiger charge is -2.18. The summed E-state index contributed by atoms with van der Waals surface area (Å²) < 4.78 is 41.2. The smallest absolute Gasteiger partial charge is 0.329 e. The molecule has 0 radical (unpaired) electrons. The number of benzene rings is 3. The van der Waals surface area contributed by atoms with Crippen LogP contribution in [0.4, 0.5) is 10.1 Å². The van der Waals surface area contributed by atoms with E-state index >= 15 is 0 Å². The number of carbonyl (C=O) groups excluding carboxylic acids is 3. The number of rotatable bonds is 9. The Morgan fingerprint density at radius 2 is 1.66 bits per heavy atom. The van der Waals surface area contributed by atoms with E-state index in [1.807, 2.05) is 24.3 Å². The van der Waals surface area contributed by atoms with Crippen LogP contribution in [0.5, 0.6) is 0 Å². The van der Waals surface area contributed by atoms with Gasteiger partial charge < -0.3 is 20.4 Å². The van der Waals surface area contributed by atoms with Crippen molar-refractivity contribution in [2.24, 2.45) is 5.14 Å². The first kappa shape index (κ1) is 26.5. The summed E-state index contributed by atoms with van der Waals surface area (Å²) in [4.78, 5) is 41.0. The van der Waals surface area contributed by atoms with Gasteiger partial charge in [-0.1, -0.05) is 18.2 Å². The third-order valence-electron chi connectivity index (χ3n) is 5.61. The normalized spacial score (nSPS) is 12.1. The van der Waals surface area contributed by atoms with Crippen LogP contribution in [0.3, 0.4) is 0 Å². The Balaban J connectivity index is 1.45. The van der Waals surface area contributed by atoms with E-state index in [9.17, 15) is 27.2 Å². The number of aromatic amines is 1. The minimum atomic E-state index is -3.88. The molecule has 10 nitrogen and oxygen atoms in total. The standard InChI is InChI=1S/C26H23FN4O6S/c27-18-7-5-16(6-8-18)25(33)31-23(13-17-14-29-22-4-2-1-3-21(17)22)26(34)37-15-24(32)30-19-9-11-20(12-10-19)38(28,35)36/h1-12,14,23,29H,13,15H2,(H,30,32)(H,31,33)(H2,28,35,36). The van der Waals surface area contributed by atoms with Gasteiger partial charge in [-0.15, -0.1) is 0 Å². The molecule has 1 heterocycles. The van der Waals surface area contributed by atoms with Gasteiger partial charge in [-0.3, -0.25) is 9.59 Å². The predicted octanol–water partition coefficient (Wildman–Crippen LogP) is 2.48. The van der Waals surface area contributed by atoms with Crippen molar-refractivity contribution in [3.05, 3.63) is 95.9 Å². The van der Waals surface area contributed by atoms with Gasteiger partial charge in [0, 0.05) is 34.8 Å². The molecule has 0 saturated carbocycles. The Bertz CT molecular complexity index is 1580. The van der Waals surface area contributed by atoms with Crippen LogP contribution < -0.4 is 15.8 Å². The lowest BCUT2D eigenvalue weighted by molar-refractivity contribution is -0.149. The van der Waals surface area contributed by atoms with Gasteiger partial charge in [-0.05, 0) is 60.2 Å². The van der Waals surface area contributed by atoms with Crippen molar-refractivity contribution in [3.63, 3.8) is 0 Å². The first-order valence-electron chi connectivity index (χ1n) is 11.3. The number of anilines is 1. The molecule has 4 rings (SSSR count). The average molecular weight is 539 g/mol. The minimum Gasteiger partial charge on any atom is -0.454 e. The second-order valence-electron chi connectivity index (χ2n) is 8.32. The topological polar surface area (TPSA) is 160 Å². The van der Waals surface area contributed by atoms with E-state index < -0.39 is 46.3 Å². The van der Waals surface area contributed by atoms with Gasteiger partial charge in [-0.25, -0.2) is 22.7 Å². The van der Waals surface area contributed by atoms with Gasteiger partial charge in [0.25, 0.3) is 11.8 Å². The minimum absolute atomic E-state index is 0.0619. The molecule has 5 N–H and O–H groups in total. The van der Waals surface area contributed by atoms with Crippen LogP contribution in [0.1, 0.15) is 15.9 Å². The third kappa shape index (κ3) is 6.60. The Morgan fingerprint density at radius 3 is 2.34 bits per heavy atom. The highest BCUT2D eigenvalue weighted by Crippen LogP contribution is 2.20. The SMILES string of the molecule is NS(=O)(=O)c1ccc(NC(=O)COC(=O)C(Cc2c[nH]c3ccccc23)NC(=O)c2ccc(F)cc2)cc1. The average Bonchev–Trinajstić information content (AvgIpc) is 3.30. The van der Waals surface area contributed by atoms with Gasteiger partial charge in [0.05, 0.1) is 4.90 Å². The number of nitrogens with one attached hydrogen (secondary N) is 3. The number of carbonyl (C=O) groups is 3. The fraction of sp³-hybridized carbons (Fsp3) is 0.115. The summed E-state index contributed by atoms with van der Waals surface area (Å²) in [6.45, 7) is -0.660. The molecule has 0 aliphatic carbocycles. The summed E-state index contributed by atoms with van der Waals surface area (Å²) in [6, 6.07) is 16.2. The van der Waals surface area contributed by atoms with E-state index in [0.717, 1.165) is 28.6 Å². The van der Waals surface area contributed by atoms with Crippen molar-refractivity contribution in [1.82, 2.24) is 10.3 Å². The molecule has 38 heavy (non-hydrogen) atoms. The Hall–Kier alpha value is -4.55. The number of esters is 1. The molecule has 0 aliphatic heterocycles. The zero-order chi connectivity index (χ0) is 27.3. The number of nitrogens with two attached hydrogens (primary N) is 1. The van der Waals surface area contributed by atoms with Crippen molar-refractivity contribution in [3.8, 4) is 0 Å². The number of ether oxygens (including phenoxy) is 1. The lowest BCUT2D eigenvalue weighted by Crippen LogP contribution is -2.44. The third-order valence-corrected chi connectivity index (χ3v) is 6.54. The summed E-state index contributed by atoms with van der Waals surface area (Å²) in [5.74, 6) is -2.67. The predicted molar refractivity (Wildman–Crippen MR) is 137 cm³/mol. The quantitative estimate of drug-likeness (QED) is 0.240. The molecule has 0 spiro atoms. The number of aromatic nitrogens is 1. The largest absolute Gasteiger partial charge is 0.454 e. The van der Waals surface area contributed by atoms with Crippen LogP contribution in [0.2, 0.25) is 0 Å². The second-order valence-corrected chi connectivity index (χ2v) is 9.88. The first-order chi connectivity index (χ1) is 18.1. The molecule has 1 aromatic heterocycles. The Labute approximate surface area is 217 Å². The molecule has 3 aromatic carbocycles. The van der Waals surface area contributed by atoms with Crippen molar-refractivity contribution in [2.75, 3.05) is 11.9 Å². The van der Waals surface area contributed by atoms with Gasteiger partial charge >= 0.3 is 5.97 Å². The maximum Gasteiger partial charge on any atom is 0.329 e. The number of hydrogen-bond acceptors (Lipinski definition) is 6. The van der Waals surface area contributed by atoms with Crippen LogP contribution in [0.15, 0.2) is 83.9 Å². The van der Waals surface area contributed by atoms with Crippen LogP contribution >= 0.6 is 0 Å². The van der Waals surface area contributed by atoms with E-state index in [4.69, 9.17) is 9.88 Å². The highest BCUT2D eigenvalue weighted by Gasteiger charge is 2.25. The number of amides is 2. The van der Waals surface area contributed by atoms with E-state index in [2.05, 4.69) is 15.6 Å². The molecule has 2 amide bonds. The molecule has 0 bridgehead atoms. The highest BCUT2D eigenvalue weighted by atomic mass is 32.2. The van der Waals surface area contributed by atoms with Gasteiger partial charge in [0.15, 0.2) is 6.61 Å². The number of fused-ring (bicyclic) bond motifs is 1. The van der Waals surface area contributed by atoms with Crippen molar-refractivity contribution >= 4 is 44.4 Å². The fourth-order valence-corrected chi connectivity index (χ4v) is 4.23. The van der Waals surface area contributed by atoms with E-state index in [1.54, 1.807) is 6.20 Å². The van der Waals surface area contributed by atoms with E-state index in [-0.39, 0.29) is 22.6 Å². The number of sulfonamides is 1. The molecular weight excluding hydrogens is 515 g/mol. The Kier molecular flexibility index (Phi) is 7.84. The van der Waals surface area contributed by atoms with Crippen LogP contribution in [-0.2, 0) is 30.8 Å². The summed E-state index contributed by atoms with van der Waals surface area (Å²) in [7, 11) is -3.88. The zero-order valence-corrected chi connectivity index (χ0v) is 20.6. The number of primary sulfonamides is 1. The lowest BCUT2D eigenvalue weighted by atomic mass is 10.0. The number of para-hydroxylation sites is 1.